The summed E-state index contributed by atoms with van der Waals surface area (Å²) in [6, 6.07) is 4.34. The molecule has 2 amide bonds. The van der Waals surface area contributed by atoms with Gasteiger partial charge in [-0.15, -0.1) is 0 Å². The molecule has 0 spiro atoms. The molecule has 2 saturated heterocycles. The van der Waals surface area contributed by atoms with Crippen molar-refractivity contribution in [1.29, 1.82) is 0 Å². The second kappa shape index (κ2) is 6.33. The summed E-state index contributed by atoms with van der Waals surface area (Å²) in [5.41, 5.74) is -0.784. The van der Waals surface area contributed by atoms with Crippen LogP contribution in [-0.2, 0) is 15.8 Å². The van der Waals surface area contributed by atoms with Crippen LogP contribution in [0.5, 0.6) is 0 Å². The summed E-state index contributed by atoms with van der Waals surface area (Å²) in [5.74, 6) is -0.866. The first-order valence-electron chi connectivity index (χ1n) is 8.08. The number of aliphatic hydroxyl groups excluding tert-OH is 1. The minimum absolute atomic E-state index is 0.00245. The lowest BCUT2D eigenvalue weighted by Crippen LogP contribution is -2.55. The van der Waals surface area contributed by atoms with Crippen LogP contribution in [0.4, 0.5) is 13.2 Å². The molecule has 0 unspecified atom stereocenters. The van der Waals surface area contributed by atoms with E-state index in [1.807, 2.05) is 0 Å². The summed E-state index contributed by atoms with van der Waals surface area (Å²) in [5, 5.41) is 9.95. The molecule has 0 aromatic heterocycles. The van der Waals surface area contributed by atoms with Crippen molar-refractivity contribution in [2.24, 2.45) is 5.92 Å². The van der Waals surface area contributed by atoms with E-state index >= 15 is 0 Å². The average Bonchev–Trinajstić information content (AvgIpc) is 2.86. The maximum atomic E-state index is 13.3. The molecule has 3 rings (SSSR count). The Bertz CT molecular complexity index is 686. The van der Waals surface area contributed by atoms with E-state index in [0.717, 1.165) is 6.07 Å². The smallest absolute Gasteiger partial charge is 0.391 e. The van der Waals surface area contributed by atoms with Crippen LogP contribution < -0.4 is 0 Å². The number of alkyl halides is 3. The molecule has 5 nitrogen and oxygen atoms in total. The van der Waals surface area contributed by atoms with E-state index in [1.54, 1.807) is 0 Å². The molecule has 2 atom stereocenters. The van der Waals surface area contributed by atoms with Crippen LogP contribution in [0.25, 0.3) is 0 Å². The van der Waals surface area contributed by atoms with Crippen LogP contribution >= 0.6 is 0 Å². The van der Waals surface area contributed by atoms with E-state index in [0.29, 0.717) is 0 Å². The molecule has 0 radical (unpaired) electrons. The van der Waals surface area contributed by atoms with Gasteiger partial charge < -0.3 is 14.9 Å². The second-order valence-electron chi connectivity index (χ2n) is 6.60. The second-order valence-corrected chi connectivity index (χ2v) is 6.60. The summed E-state index contributed by atoms with van der Waals surface area (Å²) >= 11 is 0. The van der Waals surface area contributed by atoms with Gasteiger partial charge in [-0.05, 0) is 18.1 Å². The van der Waals surface area contributed by atoms with E-state index in [-0.39, 0.29) is 43.4 Å². The molecule has 1 aromatic carbocycles. The van der Waals surface area contributed by atoms with E-state index in [4.69, 9.17) is 0 Å². The number of carbonyl (C=O) groups is 2. The average molecular weight is 356 g/mol. The number of nitrogens with zero attached hydrogens (tertiary/aromatic N) is 2. The van der Waals surface area contributed by atoms with Crippen molar-refractivity contribution < 1.29 is 27.9 Å². The van der Waals surface area contributed by atoms with Gasteiger partial charge in [0.1, 0.15) is 0 Å². The van der Waals surface area contributed by atoms with Gasteiger partial charge in [0.2, 0.25) is 11.8 Å². The number of aliphatic hydroxyl groups is 1. The van der Waals surface area contributed by atoms with Gasteiger partial charge in [0.05, 0.1) is 23.6 Å². The Morgan fingerprint density at radius 3 is 2.40 bits per heavy atom. The molecule has 8 heteroatoms. The van der Waals surface area contributed by atoms with Gasteiger partial charge in [0.15, 0.2) is 0 Å². The molecule has 2 aliphatic rings. The number of halogens is 3. The Hall–Kier alpha value is -2.09. The number of β-amino-alcohol motifs (C(OH)–C–C–N with tert-alkyl or cyclic N) is 1. The molecule has 1 N–H and O–H groups in total. The SMILES string of the molecule is CC(=O)N1CC(C(=O)N2C[C@H](O)C[C@H]2c2ccccc2C(F)(F)F)C1. The molecular weight excluding hydrogens is 337 g/mol. The molecule has 2 fully saturated rings. The van der Waals surface area contributed by atoms with Crippen molar-refractivity contribution in [2.45, 2.75) is 31.7 Å². The zero-order chi connectivity index (χ0) is 18.4. The number of likely N-dealkylation sites (tertiary alicyclic amines) is 2. The number of rotatable bonds is 2. The maximum absolute atomic E-state index is 13.3. The van der Waals surface area contributed by atoms with Gasteiger partial charge in [-0.3, -0.25) is 9.59 Å². The zero-order valence-corrected chi connectivity index (χ0v) is 13.7. The predicted octanol–water partition coefficient (Wildman–Crippen LogP) is 1.82. The molecule has 0 bridgehead atoms. The fraction of sp³-hybridized carbons (Fsp3) is 0.529. The fourth-order valence-corrected chi connectivity index (χ4v) is 3.52. The van der Waals surface area contributed by atoms with Gasteiger partial charge in [-0.25, -0.2) is 0 Å². The minimum atomic E-state index is -4.53. The van der Waals surface area contributed by atoms with E-state index in [2.05, 4.69) is 0 Å². The predicted molar refractivity (Wildman–Crippen MR) is 82.3 cm³/mol. The van der Waals surface area contributed by atoms with Crippen LogP contribution in [0.1, 0.15) is 30.5 Å². The van der Waals surface area contributed by atoms with Gasteiger partial charge in [0.25, 0.3) is 0 Å². The highest BCUT2D eigenvalue weighted by molar-refractivity contribution is 5.84. The Balaban J connectivity index is 1.84. The summed E-state index contributed by atoms with van der Waals surface area (Å²) < 4.78 is 39.9. The van der Waals surface area contributed by atoms with Crippen LogP contribution in [0, 0.1) is 5.92 Å². The molecule has 2 aliphatic heterocycles. The minimum Gasteiger partial charge on any atom is -0.391 e. The van der Waals surface area contributed by atoms with Crippen LogP contribution in [0.3, 0.4) is 0 Å². The quantitative estimate of drug-likeness (QED) is 0.879. The van der Waals surface area contributed by atoms with Crippen LogP contribution in [-0.4, -0.2) is 52.5 Å². The molecule has 25 heavy (non-hydrogen) atoms. The molecular formula is C17H19F3N2O3. The van der Waals surface area contributed by atoms with Crippen molar-refractivity contribution >= 4 is 11.8 Å². The Morgan fingerprint density at radius 1 is 1.16 bits per heavy atom. The van der Waals surface area contributed by atoms with Crippen LogP contribution in [0.15, 0.2) is 24.3 Å². The molecule has 1 aromatic rings. The van der Waals surface area contributed by atoms with Crippen LogP contribution in [0.2, 0.25) is 0 Å². The third-order valence-corrected chi connectivity index (χ3v) is 4.86. The van der Waals surface area contributed by atoms with E-state index in [9.17, 15) is 27.9 Å². The summed E-state index contributed by atoms with van der Waals surface area (Å²) in [6.45, 7) is 1.96. The van der Waals surface area contributed by atoms with Gasteiger partial charge >= 0.3 is 6.18 Å². The third-order valence-electron chi connectivity index (χ3n) is 4.86. The lowest BCUT2D eigenvalue weighted by Gasteiger charge is -2.40. The van der Waals surface area contributed by atoms with E-state index in [1.165, 1.54) is 34.9 Å². The first-order valence-corrected chi connectivity index (χ1v) is 8.08. The maximum Gasteiger partial charge on any atom is 0.416 e. The Labute approximate surface area is 143 Å². The van der Waals surface area contributed by atoms with Gasteiger partial charge in [0, 0.05) is 26.6 Å². The molecule has 2 heterocycles. The Morgan fingerprint density at radius 2 is 1.80 bits per heavy atom. The Kier molecular flexibility index (Phi) is 4.49. The van der Waals surface area contributed by atoms with Crippen molar-refractivity contribution in [2.75, 3.05) is 19.6 Å². The van der Waals surface area contributed by atoms with Crippen molar-refractivity contribution in [3.8, 4) is 0 Å². The first kappa shape index (κ1) is 17.7. The topological polar surface area (TPSA) is 60.9 Å². The summed E-state index contributed by atoms with van der Waals surface area (Å²) in [4.78, 5) is 26.8. The number of benzene rings is 1. The van der Waals surface area contributed by atoms with Gasteiger partial charge in [-0.1, -0.05) is 18.2 Å². The first-order chi connectivity index (χ1) is 11.7. The standard InChI is InChI=1S/C17H19F3N2O3/c1-10(23)21-7-11(8-21)16(25)22-9-12(24)6-15(22)13-4-2-3-5-14(13)17(18,19)20/h2-5,11-12,15,24H,6-9H2,1H3/t12-,15+/m1/s1. The normalized spacial score (nSPS) is 24.4. The van der Waals surface area contributed by atoms with Crippen molar-refractivity contribution in [3.05, 3.63) is 35.4 Å². The number of hydrogen-bond acceptors (Lipinski definition) is 3. The third kappa shape index (κ3) is 3.35. The lowest BCUT2D eigenvalue weighted by molar-refractivity contribution is -0.149. The highest BCUT2D eigenvalue weighted by atomic mass is 19.4. The highest BCUT2D eigenvalue weighted by Crippen LogP contribution is 2.41. The highest BCUT2D eigenvalue weighted by Gasteiger charge is 2.45. The number of hydrogen-bond donors (Lipinski definition) is 1. The van der Waals surface area contributed by atoms with E-state index < -0.39 is 29.8 Å². The fourth-order valence-electron chi connectivity index (χ4n) is 3.52. The molecule has 0 aliphatic carbocycles. The van der Waals surface area contributed by atoms with Crippen molar-refractivity contribution in [3.63, 3.8) is 0 Å². The summed E-state index contributed by atoms with van der Waals surface area (Å²) in [6.07, 6.45) is -5.32. The lowest BCUT2D eigenvalue weighted by atomic mass is 9.94. The van der Waals surface area contributed by atoms with Crippen molar-refractivity contribution in [1.82, 2.24) is 9.80 Å². The largest absolute Gasteiger partial charge is 0.416 e. The monoisotopic (exact) mass is 356 g/mol. The molecule has 136 valence electrons. The number of amides is 2. The van der Waals surface area contributed by atoms with Gasteiger partial charge in [-0.2, -0.15) is 13.2 Å². The number of carbonyl (C=O) groups excluding carboxylic acids is 2. The summed E-state index contributed by atoms with van der Waals surface area (Å²) in [7, 11) is 0. The zero-order valence-electron chi connectivity index (χ0n) is 13.7. The molecule has 0 saturated carbocycles.